The van der Waals surface area contributed by atoms with Crippen LogP contribution in [0.2, 0.25) is 10.0 Å². The zero-order valence-corrected chi connectivity index (χ0v) is 20.0. The summed E-state index contributed by atoms with van der Waals surface area (Å²) in [5.74, 6) is -1.79. The summed E-state index contributed by atoms with van der Waals surface area (Å²) in [7, 11) is 0. The highest BCUT2D eigenvalue weighted by Crippen LogP contribution is 2.26. The van der Waals surface area contributed by atoms with Gasteiger partial charge in [0.05, 0.1) is 25.6 Å². The van der Waals surface area contributed by atoms with Crippen LogP contribution in [0.5, 0.6) is 0 Å². The van der Waals surface area contributed by atoms with Gasteiger partial charge in [-0.15, -0.1) is 0 Å². The van der Waals surface area contributed by atoms with E-state index in [2.05, 4.69) is 16.0 Å². The molecule has 2 aromatic carbocycles. The summed E-state index contributed by atoms with van der Waals surface area (Å²) in [6, 6.07) is 8.83. The molecule has 0 saturated carbocycles. The number of rotatable bonds is 9. The first-order valence-corrected chi connectivity index (χ1v) is 10.9. The van der Waals surface area contributed by atoms with Crippen molar-refractivity contribution in [2.75, 3.05) is 18.5 Å². The van der Waals surface area contributed by atoms with Gasteiger partial charge < -0.3 is 20.7 Å². The van der Waals surface area contributed by atoms with E-state index < -0.39 is 23.8 Å². The van der Waals surface area contributed by atoms with Gasteiger partial charge in [-0.1, -0.05) is 23.2 Å². The van der Waals surface area contributed by atoms with Gasteiger partial charge >= 0.3 is 5.97 Å². The normalized spacial score (nSPS) is 11.3. The molecule has 3 amide bonds. The van der Waals surface area contributed by atoms with Crippen molar-refractivity contribution in [1.82, 2.24) is 10.6 Å². The molecule has 33 heavy (non-hydrogen) atoms. The largest absolute Gasteiger partial charge is 0.466 e. The smallest absolute Gasteiger partial charge is 0.308 e. The van der Waals surface area contributed by atoms with E-state index in [-0.39, 0.29) is 31.0 Å². The van der Waals surface area contributed by atoms with Gasteiger partial charge in [0.25, 0.3) is 5.91 Å². The van der Waals surface area contributed by atoms with Gasteiger partial charge in [-0.05, 0) is 61.4 Å². The van der Waals surface area contributed by atoms with Crippen molar-refractivity contribution in [3.63, 3.8) is 0 Å². The van der Waals surface area contributed by atoms with E-state index >= 15 is 0 Å². The Kier molecular flexibility index (Phi) is 9.69. The van der Waals surface area contributed by atoms with Gasteiger partial charge in [-0.3, -0.25) is 19.2 Å². The first-order chi connectivity index (χ1) is 15.6. The lowest BCUT2D eigenvalue weighted by molar-refractivity contribution is -0.143. The number of hydrogen-bond acceptors (Lipinski definition) is 5. The van der Waals surface area contributed by atoms with Crippen LogP contribution in [0.15, 0.2) is 36.4 Å². The lowest BCUT2D eigenvalue weighted by atomic mass is 10.0. The van der Waals surface area contributed by atoms with Gasteiger partial charge in [0.15, 0.2) is 0 Å². The van der Waals surface area contributed by atoms with Gasteiger partial charge in [0, 0.05) is 28.2 Å². The molecule has 0 aliphatic heterocycles. The predicted molar refractivity (Wildman–Crippen MR) is 126 cm³/mol. The SMILES string of the molecule is CCOC(=O)CC(NC(=O)CNC(=O)c1cc(C)cc(NC(C)=O)c1)c1cc(Cl)cc(Cl)c1. The van der Waals surface area contributed by atoms with E-state index in [1.807, 2.05) is 0 Å². The molecule has 0 aromatic heterocycles. The second-order valence-electron chi connectivity index (χ2n) is 7.28. The van der Waals surface area contributed by atoms with E-state index in [9.17, 15) is 19.2 Å². The average Bonchev–Trinajstić information content (AvgIpc) is 2.70. The molecule has 0 aliphatic carbocycles. The van der Waals surface area contributed by atoms with Crippen LogP contribution in [0.1, 0.15) is 47.8 Å². The number of benzene rings is 2. The van der Waals surface area contributed by atoms with Gasteiger partial charge in [0.1, 0.15) is 0 Å². The van der Waals surface area contributed by atoms with Crippen molar-refractivity contribution in [2.24, 2.45) is 0 Å². The molecule has 1 atom stereocenters. The third-order valence-corrected chi connectivity index (χ3v) is 4.80. The Bertz CT molecular complexity index is 1040. The molecule has 2 rings (SSSR count). The molecule has 0 fully saturated rings. The molecule has 3 N–H and O–H groups in total. The molecule has 0 saturated heterocycles. The Morgan fingerprint density at radius 3 is 2.27 bits per heavy atom. The molecule has 10 heteroatoms. The molecule has 0 aliphatic rings. The number of amides is 3. The molecule has 1 unspecified atom stereocenters. The topological polar surface area (TPSA) is 114 Å². The number of ether oxygens (including phenoxy) is 1. The summed E-state index contributed by atoms with van der Waals surface area (Å²) in [6.45, 7) is 4.69. The van der Waals surface area contributed by atoms with Crippen LogP contribution in [0, 0.1) is 6.92 Å². The monoisotopic (exact) mass is 493 g/mol. The van der Waals surface area contributed by atoms with Crippen molar-refractivity contribution in [3.05, 3.63) is 63.1 Å². The Balaban J connectivity index is 2.08. The molecule has 0 radical (unpaired) electrons. The summed E-state index contributed by atoms with van der Waals surface area (Å²) >= 11 is 12.1. The van der Waals surface area contributed by atoms with Crippen LogP contribution in [0.25, 0.3) is 0 Å². The summed E-state index contributed by atoms with van der Waals surface area (Å²) in [6.07, 6.45) is -0.137. The molecular formula is C23H25Cl2N3O5. The number of carbonyl (C=O) groups excluding carboxylic acids is 4. The van der Waals surface area contributed by atoms with Crippen LogP contribution in [-0.4, -0.2) is 36.8 Å². The fraction of sp³-hybridized carbons (Fsp3) is 0.304. The van der Waals surface area contributed by atoms with E-state index in [1.165, 1.54) is 19.1 Å². The number of anilines is 1. The maximum atomic E-state index is 12.6. The van der Waals surface area contributed by atoms with Gasteiger partial charge in [0.2, 0.25) is 11.8 Å². The number of nitrogens with one attached hydrogen (secondary N) is 3. The minimum atomic E-state index is -0.755. The van der Waals surface area contributed by atoms with Crippen molar-refractivity contribution < 1.29 is 23.9 Å². The second kappa shape index (κ2) is 12.2. The summed E-state index contributed by atoms with van der Waals surface area (Å²) < 4.78 is 4.99. The highest BCUT2D eigenvalue weighted by atomic mass is 35.5. The number of carbonyl (C=O) groups is 4. The third-order valence-electron chi connectivity index (χ3n) is 4.37. The minimum Gasteiger partial charge on any atom is -0.466 e. The standard InChI is InChI=1S/C23H25Cl2N3O5/c1-4-33-22(31)11-20(15-7-17(24)10-18(25)8-15)28-21(30)12-26-23(32)16-5-13(2)6-19(9-16)27-14(3)29/h5-10,20H,4,11-12H2,1-3H3,(H,26,32)(H,27,29)(H,28,30). The minimum absolute atomic E-state index is 0.137. The molecule has 0 heterocycles. The highest BCUT2D eigenvalue weighted by molar-refractivity contribution is 6.34. The van der Waals surface area contributed by atoms with Crippen LogP contribution in [0.4, 0.5) is 5.69 Å². The van der Waals surface area contributed by atoms with Gasteiger partial charge in [-0.2, -0.15) is 0 Å². The van der Waals surface area contributed by atoms with Crippen LogP contribution in [-0.2, 0) is 19.1 Å². The first-order valence-electron chi connectivity index (χ1n) is 10.2. The third kappa shape index (κ3) is 8.75. The molecular weight excluding hydrogens is 469 g/mol. The molecule has 176 valence electrons. The fourth-order valence-electron chi connectivity index (χ4n) is 3.11. The van der Waals surface area contributed by atoms with Crippen LogP contribution in [0.3, 0.4) is 0 Å². The number of aryl methyl sites for hydroxylation is 1. The zero-order chi connectivity index (χ0) is 24.5. The van der Waals surface area contributed by atoms with Crippen LogP contribution >= 0.6 is 23.2 Å². The Morgan fingerprint density at radius 2 is 1.67 bits per heavy atom. The molecule has 8 nitrogen and oxygen atoms in total. The first kappa shape index (κ1) is 26.2. The highest BCUT2D eigenvalue weighted by Gasteiger charge is 2.21. The van der Waals surface area contributed by atoms with Crippen molar-refractivity contribution in [2.45, 2.75) is 33.2 Å². The van der Waals surface area contributed by atoms with E-state index in [1.54, 1.807) is 38.1 Å². The molecule has 0 bridgehead atoms. The van der Waals surface area contributed by atoms with E-state index in [0.717, 1.165) is 5.56 Å². The zero-order valence-electron chi connectivity index (χ0n) is 18.5. The number of esters is 1. The number of halogens is 2. The summed E-state index contributed by atoms with van der Waals surface area (Å²) in [4.78, 5) is 48.4. The van der Waals surface area contributed by atoms with Crippen molar-refractivity contribution >= 4 is 52.6 Å². The number of hydrogen-bond donors (Lipinski definition) is 3. The Morgan fingerprint density at radius 1 is 1.00 bits per heavy atom. The van der Waals surface area contributed by atoms with E-state index in [4.69, 9.17) is 27.9 Å². The fourth-order valence-corrected chi connectivity index (χ4v) is 3.66. The molecule has 2 aromatic rings. The average molecular weight is 494 g/mol. The summed E-state index contributed by atoms with van der Waals surface area (Å²) in [5.41, 5.74) is 2.06. The predicted octanol–water partition coefficient (Wildman–Crippen LogP) is 3.80. The Labute approximate surface area is 202 Å². The maximum absolute atomic E-state index is 12.6. The Hall–Kier alpha value is -3.10. The quantitative estimate of drug-likeness (QED) is 0.459. The lowest BCUT2D eigenvalue weighted by Gasteiger charge is -2.19. The van der Waals surface area contributed by atoms with Gasteiger partial charge in [-0.25, -0.2) is 0 Å². The van der Waals surface area contributed by atoms with Crippen molar-refractivity contribution in [3.8, 4) is 0 Å². The second-order valence-corrected chi connectivity index (χ2v) is 8.16. The molecule has 0 spiro atoms. The van der Waals surface area contributed by atoms with E-state index in [0.29, 0.717) is 21.3 Å². The maximum Gasteiger partial charge on any atom is 0.308 e. The summed E-state index contributed by atoms with van der Waals surface area (Å²) in [5, 5.41) is 8.56. The lowest BCUT2D eigenvalue weighted by Crippen LogP contribution is -2.39. The van der Waals surface area contributed by atoms with Crippen molar-refractivity contribution in [1.29, 1.82) is 0 Å². The van der Waals surface area contributed by atoms with Crippen LogP contribution < -0.4 is 16.0 Å².